The SMILES string of the molecule is CCN1CCOC(c2noc(CCC(C)CCN)n2)C1. The molecule has 2 rings (SSSR count). The summed E-state index contributed by atoms with van der Waals surface area (Å²) in [6.45, 7) is 8.68. The van der Waals surface area contributed by atoms with Crippen LogP contribution in [0.1, 0.15) is 44.5 Å². The van der Waals surface area contributed by atoms with Crippen LogP contribution < -0.4 is 5.73 Å². The van der Waals surface area contributed by atoms with E-state index in [0.717, 1.165) is 52.0 Å². The van der Waals surface area contributed by atoms with E-state index >= 15 is 0 Å². The molecule has 2 N–H and O–H groups in total. The van der Waals surface area contributed by atoms with Crippen molar-refractivity contribution in [1.29, 1.82) is 0 Å². The van der Waals surface area contributed by atoms with Gasteiger partial charge in [0.1, 0.15) is 6.10 Å². The quantitative estimate of drug-likeness (QED) is 0.814. The first-order valence-corrected chi connectivity index (χ1v) is 7.59. The highest BCUT2D eigenvalue weighted by Crippen LogP contribution is 2.20. The zero-order valence-corrected chi connectivity index (χ0v) is 12.5. The molecule has 0 radical (unpaired) electrons. The van der Waals surface area contributed by atoms with E-state index in [9.17, 15) is 0 Å². The summed E-state index contributed by atoms with van der Waals surface area (Å²) in [4.78, 5) is 6.81. The smallest absolute Gasteiger partial charge is 0.226 e. The molecule has 6 nitrogen and oxygen atoms in total. The van der Waals surface area contributed by atoms with Crippen LogP contribution in [-0.4, -0.2) is 47.8 Å². The molecule has 114 valence electrons. The first-order chi connectivity index (χ1) is 9.72. The van der Waals surface area contributed by atoms with Gasteiger partial charge in [-0.25, -0.2) is 0 Å². The molecule has 1 aliphatic rings. The number of aromatic nitrogens is 2. The van der Waals surface area contributed by atoms with Crippen molar-refractivity contribution < 1.29 is 9.26 Å². The summed E-state index contributed by atoms with van der Waals surface area (Å²) in [6, 6.07) is 0. The number of nitrogens with zero attached hydrogens (tertiary/aromatic N) is 3. The molecule has 1 aromatic rings. The summed E-state index contributed by atoms with van der Waals surface area (Å²) in [5.74, 6) is 1.99. The maximum Gasteiger partial charge on any atom is 0.226 e. The number of nitrogens with two attached hydrogens (primary N) is 1. The van der Waals surface area contributed by atoms with Gasteiger partial charge >= 0.3 is 0 Å². The second kappa shape index (κ2) is 7.71. The highest BCUT2D eigenvalue weighted by atomic mass is 16.5. The van der Waals surface area contributed by atoms with Crippen LogP contribution in [-0.2, 0) is 11.2 Å². The summed E-state index contributed by atoms with van der Waals surface area (Å²) in [5.41, 5.74) is 5.55. The summed E-state index contributed by atoms with van der Waals surface area (Å²) in [5, 5.41) is 4.07. The molecule has 1 aliphatic heterocycles. The van der Waals surface area contributed by atoms with Crippen molar-refractivity contribution in [2.45, 2.75) is 39.2 Å². The molecule has 2 heterocycles. The van der Waals surface area contributed by atoms with Crippen LogP contribution >= 0.6 is 0 Å². The Bertz CT molecular complexity index is 396. The van der Waals surface area contributed by atoms with Crippen molar-refractivity contribution in [3.05, 3.63) is 11.7 Å². The monoisotopic (exact) mass is 282 g/mol. The predicted octanol–water partition coefficient (Wildman–Crippen LogP) is 1.38. The zero-order valence-electron chi connectivity index (χ0n) is 12.5. The lowest BCUT2D eigenvalue weighted by atomic mass is 10.0. The van der Waals surface area contributed by atoms with Gasteiger partial charge in [0.05, 0.1) is 6.61 Å². The van der Waals surface area contributed by atoms with Gasteiger partial charge in [-0.1, -0.05) is 19.0 Å². The second-order valence-corrected chi connectivity index (χ2v) is 5.52. The first-order valence-electron chi connectivity index (χ1n) is 7.59. The summed E-state index contributed by atoms with van der Waals surface area (Å²) in [7, 11) is 0. The lowest BCUT2D eigenvalue weighted by Gasteiger charge is -2.30. The minimum absolute atomic E-state index is 0.0531. The molecule has 0 amide bonds. The van der Waals surface area contributed by atoms with Crippen LogP contribution in [0.15, 0.2) is 4.52 Å². The molecular weight excluding hydrogens is 256 g/mol. The van der Waals surface area contributed by atoms with Gasteiger partial charge in [0.2, 0.25) is 11.7 Å². The van der Waals surface area contributed by atoms with E-state index in [0.29, 0.717) is 17.6 Å². The maximum absolute atomic E-state index is 5.73. The van der Waals surface area contributed by atoms with Gasteiger partial charge in [-0.2, -0.15) is 4.98 Å². The van der Waals surface area contributed by atoms with E-state index in [4.69, 9.17) is 15.0 Å². The molecule has 6 heteroatoms. The highest BCUT2D eigenvalue weighted by molar-refractivity contribution is 4.94. The molecular formula is C14H26N4O2. The Morgan fingerprint density at radius 2 is 2.30 bits per heavy atom. The van der Waals surface area contributed by atoms with E-state index in [1.54, 1.807) is 0 Å². The van der Waals surface area contributed by atoms with E-state index < -0.39 is 0 Å². The number of aryl methyl sites for hydroxylation is 1. The molecule has 2 atom stereocenters. The third-order valence-electron chi connectivity index (χ3n) is 3.88. The Morgan fingerprint density at radius 3 is 3.05 bits per heavy atom. The highest BCUT2D eigenvalue weighted by Gasteiger charge is 2.25. The Labute approximate surface area is 120 Å². The number of hydrogen-bond acceptors (Lipinski definition) is 6. The Balaban J connectivity index is 1.85. The van der Waals surface area contributed by atoms with Gasteiger partial charge in [-0.15, -0.1) is 0 Å². The van der Waals surface area contributed by atoms with Crippen molar-refractivity contribution >= 4 is 0 Å². The molecule has 0 aliphatic carbocycles. The first kappa shape index (κ1) is 15.4. The Morgan fingerprint density at radius 1 is 1.45 bits per heavy atom. The van der Waals surface area contributed by atoms with Gasteiger partial charge < -0.3 is 15.0 Å². The molecule has 0 bridgehead atoms. The lowest BCUT2D eigenvalue weighted by molar-refractivity contribution is -0.0334. The van der Waals surface area contributed by atoms with Gasteiger partial charge in [-0.3, -0.25) is 4.90 Å². The topological polar surface area (TPSA) is 77.4 Å². The molecule has 0 saturated carbocycles. The van der Waals surface area contributed by atoms with Crippen molar-refractivity contribution in [2.75, 3.05) is 32.8 Å². The number of ether oxygens (including phenoxy) is 1. The van der Waals surface area contributed by atoms with E-state index in [1.165, 1.54) is 0 Å². The van der Waals surface area contributed by atoms with E-state index in [-0.39, 0.29) is 6.10 Å². The third-order valence-corrected chi connectivity index (χ3v) is 3.88. The van der Waals surface area contributed by atoms with Gasteiger partial charge in [0.15, 0.2) is 0 Å². The minimum Gasteiger partial charge on any atom is -0.367 e. The molecule has 1 saturated heterocycles. The van der Waals surface area contributed by atoms with E-state index in [2.05, 4.69) is 28.9 Å². The lowest BCUT2D eigenvalue weighted by Crippen LogP contribution is -2.38. The standard InChI is InChI=1S/C14H26N4O2/c1-3-18-8-9-19-12(10-18)14-16-13(20-17-14)5-4-11(2)6-7-15/h11-12H,3-10,15H2,1-2H3. The summed E-state index contributed by atoms with van der Waals surface area (Å²) >= 11 is 0. The van der Waals surface area contributed by atoms with Gasteiger partial charge in [0.25, 0.3) is 0 Å². The molecule has 1 fully saturated rings. The summed E-state index contributed by atoms with van der Waals surface area (Å²) < 4.78 is 11.1. The number of likely N-dealkylation sites (N-methyl/N-ethyl adjacent to an activating group) is 1. The van der Waals surface area contributed by atoms with Crippen molar-refractivity contribution in [3.8, 4) is 0 Å². The fraction of sp³-hybridized carbons (Fsp3) is 0.857. The number of morpholine rings is 1. The number of rotatable bonds is 7. The second-order valence-electron chi connectivity index (χ2n) is 5.52. The van der Waals surface area contributed by atoms with E-state index in [1.807, 2.05) is 0 Å². The zero-order chi connectivity index (χ0) is 14.4. The number of hydrogen-bond donors (Lipinski definition) is 1. The molecule has 0 aromatic carbocycles. The van der Waals surface area contributed by atoms with Crippen LogP contribution in [0.5, 0.6) is 0 Å². The normalized spacial score (nSPS) is 22.1. The average Bonchev–Trinajstić information content (AvgIpc) is 2.94. The van der Waals surface area contributed by atoms with Gasteiger partial charge in [-0.05, 0) is 31.8 Å². The van der Waals surface area contributed by atoms with Crippen molar-refractivity contribution in [2.24, 2.45) is 11.7 Å². The molecule has 1 aromatic heterocycles. The summed E-state index contributed by atoms with van der Waals surface area (Å²) in [6.07, 6.45) is 2.84. The average molecular weight is 282 g/mol. The fourth-order valence-electron chi connectivity index (χ4n) is 2.45. The molecule has 20 heavy (non-hydrogen) atoms. The van der Waals surface area contributed by atoms with Crippen LogP contribution in [0.4, 0.5) is 0 Å². The Hall–Kier alpha value is -0.980. The van der Waals surface area contributed by atoms with Crippen molar-refractivity contribution in [1.82, 2.24) is 15.0 Å². The predicted molar refractivity (Wildman–Crippen MR) is 76.3 cm³/mol. The van der Waals surface area contributed by atoms with Crippen LogP contribution in [0.3, 0.4) is 0 Å². The van der Waals surface area contributed by atoms with Crippen molar-refractivity contribution in [3.63, 3.8) is 0 Å². The molecule has 2 unspecified atom stereocenters. The Kier molecular flexibility index (Phi) is 5.94. The largest absolute Gasteiger partial charge is 0.367 e. The van der Waals surface area contributed by atoms with Crippen LogP contribution in [0.25, 0.3) is 0 Å². The van der Waals surface area contributed by atoms with Crippen LogP contribution in [0, 0.1) is 5.92 Å². The molecule has 0 spiro atoms. The fourth-order valence-corrected chi connectivity index (χ4v) is 2.45. The van der Waals surface area contributed by atoms with Crippen LogP contribution in [0.2, 0.25) is 0 Å². The van der Waals surface area contributed by atoms with Gasteiger partial charge in [0, 0.05) is 19.5 Å². The third kappa shape index (κ3) is 4.26. The minimum atomic E-state index is -0.0531. The maximum atomic E-state index is 5.73.